The number of hydrogen-bond acceptors (Lipinski definition) is 2. The minimum atomic E-state index is -0.182. The van der Waals surface area contributed by atoms with E-state index >= 15 is 0 Å². The van der Waals surface area contributed by atoms with E-state index in [1.165, 1.54) is 25.5 Å². The van der Waals surface area contributed by atoms with Crippen LogP contribution in [0.1, 0.15) is 44.6 Å². The lowest BCUT2D eigenvalue weighted by Crippen LogP contribution is -2.42. The molecule has 1 fully saturated rings. The van der Waals surface area contributed by atoms with Gasteiger partial charge in [-0.3, -0.25) is 4.98 Å². The van der Waals surface area contributed by atoms with Gasteiger partial charge in [-0.15, -0.1) is 0 Å². The monoisotopic (exact) mass is 222 g/mol. The van der Waals surface area contributed by atoms with Crippen LogP contribution >= 0.6 is 0 Å². The Morgan fingerprint density at radius 2 is 2.31 bits per heavy atom. The molecular formula is C13H19FN2. The van der Waals surface area contributed by atoms with Crippen LogP contribution in [0.25, 0.3) is 0 Å². The average Bonchev–Trinajstić information content (AvgIpc) is 2.56. The summed E-state index contributed by atoms with van der Waals surface area (Å²) in [5.74, 6) is -0.182. The first-order valence-electron chi connectivity index (χ1n) is 6.13. The predicted molar refractivity (Wildman–Crippen MR) is 62.6 cm³/mol. The Morgan fingerprint density at radius 1 is 1.44 bits per heavy atom. The molecule has 1 aliphatic heterocycles. The molecule has 0 spiro atoms. The topological polar surface area (TPSA) is 24.9 Å². The molecule has 3 heteroatoms. The van der Waals surface area contributed by atoms with Crippen LogP contribution in [0.3, 0.4) is 0 Å². The number of halogens is 1. The van der Waals surface area contributed by atoms with Gasteiger partial charge in [0.1, 0.15) is 5.82 Å². The van der Waals surface area contributed by atoms with Crippen molar-refractivity contribution in [2.24, 2.45) is 0 Å². The van der Waals surface area contributed by atoms with E-state index in [1.54, 1.807) is 6.20 Å². The summed E-state index contributed by atoms with van der Waals surface area (Å²) in [6.45, 7) is 3.10. The molecule has 2 rings (SSSR count). The molecule has 0 amide bonds. The third-order valence-electron chi connectivity index (χ3n) is 3.64. The summed E-state index contributed by atoms with van der Waals surface area (Å²) >= 11 is 0. The van der Waals surface area contributed by atoms with Crippen LogP contribution in [0.2, 0.25) is 0 Å². The van der Waals surface area contributed by atoms with E-state index in [0.717, 1.165) is 24.9 Å². The lowest BCUT2D eigenvalue weighted by Gasteiger charge is -2.33. The maximum atomic E-state index is 13.8. The standard InChI is InChI=1S/C13H19FN2/c1-2-13(7-4-3-5-8-16-13)11-6-9-15-10-12(11)14/h6,9-10,16H,2-5,7-8H2,1H3. The maximum Gasteiger partial charge on any atom is 0.146 e. The third kappa shape index (κ3) is 2.09. The first-order chi connectivity index (χ1) is 7.78. The van der Waals surface area contributed by atoms with Crippen LogP contribution in [-0.4, -0.2) is 11.5 Å². The Labute approximate surface area is 96.3 Å². The van der Waals surface area contributed by atoms with Gasteiger partial charge >= 0.3 is 0 Å². The number of rotatable bonds is 2. The molecule has 1 atom stereocenters. The molecule has 1 aliphatic rings. The average molecular weight is 222 g/mol. The third-order valence-corrected chi connectivity index (χ3v) is 3.64. The molecule has 2 nitrogen and oxygen atoms in total. The molecule has 0 radical (unpaired) electrons. The zero-order valence-electron chi connectivity index (χ0n) is 9.80. The Kier molecular flexibility index (Phi) is 3.54. The van der Waals surface area contributed by atoms with Crippen LogP contribution in [-0.2, 0) is 5.54 Å². The van der Waals surface area contributed by atoms with Crippen molar-refractivity contribution in [3.8, 4) is 0 Å². The molecular weight excluding hydrogens is 203 g/mol. The van der Waals surface area contributed by atoms with Crippen molar-refractivity contribution in [3.63, 3.8) is 0 Å². The van der Waals surface area contributed by atoms with Crippen molar-refractivity contribution < 1.29 is 4.39 Å². The highest BCUT2D eigenvalue weighted by Gasteiger charge is 2.32. The summed E-state index contributed by atoms with van der Waals surface area (Å²) in [6, 6.07) is 1.82. The molecule has 1 N–H and O–H groups in total. The van der Waals surface area contributed by atoms with Crippen LogP contribution in [0.5, 0.6) is 0 Å². The highest BCUT2D eigenvalue weighted by atomic mass is 19.1. The zero-order chi connectivity index (χ0) is 11.4. The molecule has 0 aliphatic carbocycles. The summed E-state index contributed by atoms with van der Waals surface area (Å²) in [6.07, 6.45) is 8.54. The second kappa shape index (κ2) is 4.91. The van der Waals surface area contributed by atoms with E-state index in [-0.39, 0.29) is 11.4 Å². The molecule has 2 heterocycles. The maximum absolute atomic E-state index is 13.8. The van der Waals surface area contributed by atoms with Crippen molar-refractivity contribution in [1.82, 2.24) is 10.3 Å². The predicted octanol–water partition coefficient (Wildman–Crippen LogP) is 2.99. The highest BCUT2D eigenvalue weighted by Crippen LogP contribution is 2.33. The Bertz CT molecular complexity index is 344. The van der Waals surface area contributed by atoms with Crippen molar-refractivity contribution in [3.05, 3.63) is 29.8 Å². The molecule has 1 saturated heterocycles. The Hall–Kier alpha value is -0.960. The van der Waals surface area contributed by atoms with Gasteiger partial charge in [0.2, 0.25) is 0 Å². The van der Waals surface area contributed by atoms with Gasteiger partial charge in [0, 0.05) is 17.3 Å². The molecule has 16 heavy (non-hydrogen) atoms. The fraction of sp³-hybridized carbons (Fsp3) is 0.615. The molecule has 0 bridgehead atoms. The first kappa shape index (κ1) is 11.5. The Balaban J connectivity index is 2.36. The Morgan fingerprint density at radius 3 is 3.06 bits per heavy atom. The van der Waals surface area contributed by atoms with Gasteiger partial charge in [0.15, 0.2) is 0 Å². The van der Waals surface area contributed by atoms with Crippen LogP contribution in [0.15, 0.2) is 18.5 Å². The van der Waals surface area contributed by atoms with E-state index in [4.69, 9.17) is 0 Å². The second-order valence-electron chi connectivity index (χ2n) is 4.53. The van der Waals surface area contributed by atoms with Gasteiger partial charge in [0.25, 0.3) is 0 Å². The lowest BCUT2D eigenvalue weighted by atomic mass is 9.83. The van der Waals surface area contributed by atoms with E-state index in [2.05, 4.69) is 17.2 Å². The molecule has 1 unspecified atom stereocenters. The molecule has 0 saturated carbocycles. The van der Waals surface area contributed by atoms with E-state index < -0.39 is 0 Å². The number of aromatic nitrogens is 1. The van der Waals surface area contributed by atoms with Gasteiger partial charge < -0.3 is 5.32 Å². The molecule has 1 aromatic rings. The summed E-state index contributed by atoms with van der Waals surface area (Å²) in [7, 11) is 0. The largest absolute Gasteiger partial charge is 0.307 e. The SMILES string of the molecule is CCC1(c2ccncc2F)CCCCCN1. The van der Waals surface area contributed by atoms with E-state index in [9.17, 15) is 4.39 Å². The summed E-state index contributed by atoms with van der Waals surface area (Å²) in [4.78, 5) is 3.83. The first-order valence-corrected chi connectivity index (χ1v) is 6.13. The van der Waals surface area contributed by atoms with Gasteiger partial charge in [-0.1, -0.05) is 19.8 Å². The number of pyridine rings is 1. The van der Waals surface area contributed by atoms with Crippen molar-refractivity contribution in [2.75, 3.05) is 6.54 Å². The highest BCUT2D eigenvalue weighted by molar-refractivity contribution is 5.23. The minimum Gasteiger partial charge on any atom is -0.307 e. The number of nitrogens with zero attached hydrogens (tertiary/aromatic N) is 1. The smallest absolute Gasteiger partial charge is 0.146 e. The normalized spacial score (nSPS) is 26.4. The summed E-state index contributed by atoms with van der Waals surface area (Å²) in [5.41, 5.74) is 0.607. The second-order valence-corrected chi connectivity index (χ2v) is 4.53. The number of hydrogen-bond donors (Lipinski definition) is 1. The lowest BCUT2D eigenvalue weighted by molar-refractivity contribution is 0.300. The van der Waals surface area contributed by atoms with Crippen LogP contribution < -0.4 is 5.32 Å². The fourth-order valence-electron chi connectivity index (χ4n) is 2.63. The summed E-state index contributed by atoms with van der Waals surface area (Å²) in [5, 5.41) is 3.53. The van der Waals surface area contributed by atoms with Crippen LogP contribution in [0, 0.1) is 5.82 Å². The molecule has 0 aromatic carbocycles. The van der Waals surface area contributed by atoms with Gasteiger partial charge in [-0.2, -0.15) is 0 Å². The van der Waals surface area contributed by atoms with E-state index in [0.29, 0.717) is 0 Å². The molecule has 1 aromatic heterocycles. The van der Waals surface area contributed by atoms with E-state index in [1.807, 2.05) is 6.07 Å². The van der Waals surface area contributed by atoms with Gasteiger partial charge in [0.05, 0.1) is 6.20 Å². The molecule has 88 valence electrons. The van der Waals surface area contributed by atoms with Crippen molar-refractivity contribution in [2.45, 2.75) is 44.6 Å². The van der Waals surface area contributed by atoms with Crippen molar-refractivity contribution in [1.29, 1.82) is 0 Å². The minimum absolute atomic E-state index is 0.177. The van der Waals surface area contributed by atoms with Crippen LogP contribution in [0.4, 0.5) is 4.39 Å². The van der Waals surface area contributed by atoms with Crippen molar-refractivity contribution >= 4 is 0 Å². The fourth-order valence-corrected chi connectivity index (χ4v) is 2.63. The summed E-state index contributed by atoms with van der Waals surface area (Å²) < 4.78 is 13.8. The van der Waals surface area contributed by atoms with Gasteiger partial charge in [-0.05, 0) is 31.9 Å². The number of nitrogens with one attached hydrogen (secondary N) is 1. The van der Waals surface area contributed by atoms with Gasteiger partial charge in [-0.25, -0.2) is 4.39 Å². The quantitative estimate of drug-likeness (QED) is 0.832. The zero-order valence-corrected chi connectivity index (χ0v) is 9.80.